The molecular weight excluding hydrogens is 332 g/mol. The number of anilines is 1. The van der Waals surface area contributed by atoms with Gasteiger partial charge in [-0.05, 0) is 56.1 Å². The summed E-state index contributed by atoms with van der Waals surface area (Å²) in [7, 11) is 0. The molecule has 3 rings (SSSR count). The van der Waals surface area contributed by atoms with Gasteiger partial charge in [0.1, 0.15) is 11.9 Å². The topological polar surface area (TPSA) is 48.1 Å². The third-order valence-electron chi connectivity index (χ3n) is 6.57. The summed E-state index contributed by atoms with van der Waals surface area (Å²) < 4.78 is 6.28. The number of pyridine rings is 1. The van der Waals surface area contributed by atoms with Crippen molar-refractivity contribution < 1.29 is 4.74 Å². The Bertz CT molecular complexity index is 525. The molecule has 1 aromatic heterocycles. The smallest absolute Gasteiger partial charge is 0.215 e. The lowest BCUT2D eigenvalue weighted by atomic mass is 9.90. The van der Waals surface area contributed by atoms with Crippen molar-refractivity contribution in [2.45, 2.75) is 121 Å². The van der Waals surface area contributed by atoms with Crippen LogP contribution in [0.2, 0.25) is 0 Å². The Kier molecular flexibility index (Phi) is 8.77. The number of ether oxygens (including phenoxy) is 1. The first kappa shape index (κ1) is 20.5. The molecule has 0 saturated heterocycles. The van der Waals surface area contributed by atoms with Crippen LogP contribution in [0.3, 0.4) is 0 Å². The molecule has 2 N–H and O–H groups in total. The van der Waals surface area contributed by atoms with Gasteiger partial charge in [0.25, 0.3) is 0 Å². The molecule has 0 spiro atoms. The Morgan fingerprint density at radius 2 is 1.15 bits per heavy atom. The van der Waals surface area contributed by atoms with Gasteiger partial charge in [-0.25, -0.2) is 0 Å². The van der Waals surface area contributed by atoms with Gasteiger partial charge in [-0.1, -0.05) is 70.6 Å². The van der Waals surface area contributed by atoms with Crippen molar-refractivity contribution in [1.82, 2.24) is 4.98 Å². The van der Waals surface area contributed by atoms with E-state index in [0.717, 1.165) is 18.7 Å². The first-order valence-corrected chi connectivity index (χ1v) is 11.8. The molecule has 0 aliphatic heterocycles. The first-order valence-electron chi connectivity index (χ1n) is 11.8. The maximum atomic E-state index is 6.40. The van der Waals surface area contributed by atoms with Crippen LogP contribution in [-0.4, -0.2) is 11.1 Å². The van der Waals surface area contributed by atoms with Gasteiger partial charge >= 0.3 is 0 Å². The van der Waals surface area contributed by atoms with E-state index in [0.29, 0.717) is 17.8 Å². The molecule has 0 atom stereocenters. The van der Waals surface area contributed by atoms with Crippen LogP contribution in [0.4, 0.5) is 5.82 Å². The second-order valence-electron chi connectivity index (χ2n) is 8.81. The lowest BCUT2D eigenvalue weighted by Crippen LogP contribution is -2.18. The van der Waals surface area contributed by atoms with Crippen LogP contribution in [0.1, 0.15) is 121 Å². The van der Waals surface area contributed by atoms with Gasteiger partial charge in [0.05, 0.1) is 0 Å². The highest BCUT2D eigenvalue weighted by molar-refractivity contribution is 5.44. The highest BCUT2D eigenvalue weighted by atomic mass is 16.5. The predicted molar refractivity (Wildman–Crippen MR) is 114 cm³/mol. The van der Waals surface area contributed by atoms with E-state index in [1.54, 1.807) is 0 Å². The molecule has 0 amide bonds. The fraction of sp³-hybridized carbons (Fsp3) is 0.792. The quantitative estimate of drug-likeness (QED) is 0.612. The fourth-order valence-electron chi connectivity index (χ4n) is 4.88. The molecule has 0 bridgehead atoms. The fourth-order valence-corrected chi connectivity index (χ4v) is 4.88. The zero-order valence-electron chi connectivity index (χ0n) is 17.3. The maximum absolute atomic E-state index is 6.40. The lowest BCUT2D eigenvalue weighted by Gasteiger charge is -2.22. The zero-order chi connectivity index (χ0) is 18.7. The van der Waals surface area contributed by atoms with Gasteiger partial charge < -0.3 is 10.5 Å². The zero-order valence-corrected chi connectivity index (χ0v) is 17.3. The summed E-state index contributed by atoms with van der Waals surface area (Å²) in [5.41, 5.74) is 7.66. The average molecular weight is 373 g/mol. The summed E-state index contributed by atoms with van der Waals surface area (Å²) in [4.78, 5) is 4.67. The molecule has 2 saturated carbocycles. The van der Waals surface area contributed by atoms with Crippen LogP contribution in [0.25, 0.3) is 0 Å². The van der Waals surface area contributed by atoms with Gasteiger partial charge in [-0.2, -0.15) is 4.98 Å². The second kappa shape index (κ2) is 11.6. The normalized spacial score (nSPS) is 22.4. The van der Waals surface area contributed by atoms with E-state index in [1.807, 2.05) is 0 Å². The highest BCUT2D eigenvalue weighted by Crippen LogP contribution is 2.34. The number of nitrogens with two attached hydrogens (primary N) is 1. The molecule has 2 fully saturated rings. The minimum absolute atomic E-state index is 0.311. The van der Waals surface area contributed by atoms with Crippen LogP contribution in [0.15, 0.2) is 12.1 Å². The first-order chi connectivity index (χ1) is 13.3. The second-order valence-corrected chi connectivity index (χ2v) is 8.81. The van der Waals surface area contributed by atoms with Gasteiger partial charge in [0.2, 0.25) is 5.88 Å². The van der Waals surface area contributed by atoms with Crippen molar-refractivity contribution in [2.24, 2.45) is 0 Å². The molecule has 2 aliphatic carbocycles. The van der Waals surface area contributed by atoms with Crippen molar-refractivity contribution in [2.75, 3.05) is 5.73 Å². The van der Waals surface area contributed by atoms with E-state index in [4.69, 9.17) is 10.5 Å². The predicted octanol–water partition coefficient (Wildman–Crippen LogP) is 7.15. The SMILES string of the molecule is Nc1nc(OC2CCCCCCCCC2)ccc1C1CCCCCCCC1. The summed E-state index contributed by atoms with van der Waals surface area (Å²) in [6.45, 7) is 0. The molecule has 1 heterocycles. The standard InChI is InChI=1S/C24H40N2O/c25-24-22(20-14-10-6-4-5-7-11-15-20)18-19-23(26-24)27-21-16-12-8-2-1-3-9-13-17-21/h18-21H,1-17H2,(H2,25,26). The number of hydrogen-bond acceptors (Lipinski definition) is 3. The average Bonchev–Trinajstić information content (AvgIpc) is 2.81. The van der Waals surface area contributed by atoms with Crippen LogP contribution < -0.4 is 10.5 Å². The monoisotopic (exact) mass is 372 g/mol. The Labute approximate surface area is 166 Å². The number of hydrogen-bond donors (Lipinski definition) is 1. The number of nitrogen functional groups attached to an aromatic ring is 1. The van der Waals surface area contributed by atoms with E-state index in [1.165, 1.54) is 102 Å². The van der Waals surface area contributed by atoms with Crippen LogP contribution in [0, 0.1) is 0 Å². The lowest BCUT2D eigenvalue weighted by molar-refractivity contribution is 0.164. The van der Waals surface area contributed by atoms with Crippen molar-refractivity contribution in [1.29, 1.82) is 0 Å². The summed E-state index contributed by atoms with van der Waals surface area (Å²) in [6, 6.07) is 4.29. The van der Waals surface area contributed by atoms with Gasteiger partial charge in [-0.3, -0.25) is 0 Å². The van der Waals surface area contributed by atoms with Crippen molar-refractivity contribution in [3.05, 3.63) is 17.7 Å². The Hall–Kier alpha value is -1.25. The Morgan fingerprint density at radius 1 is 0.667 bits per heavy atom. The van der Waals surface area contributed by atoms with Crippen LogP contribution in [0.5, 0.6) is 5.88 Å². The Balaban J connectivity index is 1.60. The molecular formula is C24H40N2O. The molecule has 0 aromatic carbocycles. The molecule has 2 aliphatic rings. The molecule has 0 radical (unpaired) electrons. The van der Waals surface area contributed by atoms with Gasteiger partial charge in [0, 0.05) is 6.07 Å². The molecule has 3 heteroatoms. The summed E-state index contributed by atoms with van der Waals surface area (Å²) in [5.74, 6) is 2.02. The van der Waals surface area contributed by atoms with Crippen molar-refractivity contribution >= 4 is 5.82 Å². The van der Waals surface area contributed by atoms with Crippen molar-refractivity contribution in [3.8, 4) is 5.88 Å². The molecule has 152 valence electrons. The minimum Gasteiger partial charge on any atom is -0.474 e. The summed E-state index contributed by atoms with van der Waals surface area (Å²) >= 11 is 0. The molecule has 0 unspecified atom stereocenters. The van der Waals surface area contributed by atoms with Crippen LogP contribution in [-0.2, 0) is 0 Å². The minimum atomic E-state index is 0.311. The van der Waals surface area contributed by atoms with Crippen molar-refractivity contribution in [3.63, 3.8) is 0 Å². The van der Waals surface area contributed by atoms with Crippen LogP contribution >= 0.6 is 0 Å². The number of aromatic nitrogens is 1. The third-order valence-corrected chi connectivity index (χ3v) is 6.57. The number of rotatable bonds is 3. The molecule has 1 aromatic rings. The van der Waals surface area contributed by atoms with Gasteiger partial charge in [0.15, 0.2) is 0 Å². The van der Waals surface area contributed by atoms with Gasteiger partial charge in [-0.15, -0.1) is 0 Å². The molecule has 3 nitrogen and oxygen atoms in total. The Morgan fingerprint density at radius 3 is 1.67 bits per heavy atom. The maximum Gasteiger partial charge on any atom is 0.215 e. The summed E-state index contributed by atoms with van der Waals surface area (Å²) in [6.07, 6.45) is 22.7. The highest BCUT2D eigenvalue weighted by Gasteiger charge is 2.18. The largest absolute Gasteiger partial charge is 0.474 e. The summed E-state index contributed by atoms with van der Waals surface area (Å²) in [5, 5.41) is 0. The molecule has 27 heavy (non-hydrogen) atoms. The number of nitrogens with zero attached hydrogens (tertiary/aromatic N) is 1. The van der Waals surface area contributed by atoms with E-state index in [-0.39, 0.29) is 0 Å². The third kappa shape index (κ3) is 7.01. The van der Waals surface area contributed by atoms with E-state index < -0.39 is 0 Å². The van der Waals surface area contributed by atoms with E-state index in [9.17, 15) is 0 Å². The van der Waals surface area contributed by atoms with E-state index >= 15 is 0 Å². The van der Waals surface area contributed by atoms with E-state index in [2.05, 4.69) is 17.1 Å².